The Labute approximate surface area is 225 Å². The molecule has 8 nitrogen and oxygen atoms in total. The summed E-state index contributed by atoms with van der Waals surface area (Å²) in [6.07, 6.45) is 5.44. The Morgan fingerprint density at radius 1 is 0.895 bits per heavy atom. The second kappa shape index (κ2) is 12.1. The fourth-order valence-electron chi connectivity index (χ4n) is 5.87. The number of benzene rings is 2. The number of para-hydroxylation sites is 1. The van der Waals surface area contributed by atoms with Crippen molar-refractivity contribution in [2.45, 2.75) is 45.4 Å². The number of carbonyl (C=O) groups is 2. The van der Waals surface area contributed by atoms with E-state index in [0.717, 1.165) is 57.4 Å². The molecule has 0 atom stereocenters. The van der Waals surface area contributed by atoms with E-state index in [0.29, 0.717) is 56.6 Å². The smallest absolute Gasteiger partial charge is 0.238 e. The molecule has 0 bridgehead atoms. The van der Waals surface area contributed by atoms with Gasteiger partial charge in [0.15, 0.2) is 11.5 Å². The van der Waals surface area contributed by atoms with Crippen molar-refractivity contribution in [1.29, 1.82) is 0 Å². The van der Waals surface area contributed by atoms with E-state index in [1.165, 1.54) is 5.56 Å². The Hall–Kier alpha value is -3.26. The number of aryl methyl sites for hydroxylation is 1. The van der Waals surface area contributed by atoms with E-state index in [4.69, 9.17) is 14.2 Å². The lowest BCUT2D eigenvalue weighted by Gasteiger charge is -2.43. The normalized spacial score (nSPS) is 20.0. The Balaban J connectivity index is 1.19. The minimum Gasteiger partial charge on any atom is -0.491 e. The number of fused-ring (bicyclic) bond motifs is 2. The van der Waals surface area contributed by atoms with Crippen LogP contribution in [0, 0.1) is 5.41 Å². The van der Waals surface area contributed by atoms with Crippen LogP contribution in [-0.4, -0.2) is 74.2 Å². The van der Waals surface area contributed by atoms with Gasteiger partial charge in [0, 0.05) is 18.3 Å². The van der Waals surface area contributed by atoms with Gasteiger partial charge in [-0.3, -0.25) is 14.5 Å². The minimum absolute atomic E-state index is 0.0614. The Morgan fingerprint density at radius 3 is 2.47 bits per heavy atom. The molecule has 2 amide bonds. The molecule has 204 valence electrons. The second-order valence-corrected chi connectivity index (χ2v) is 10.5. The summed E-state index contributed by atoms with van der Waals surface area (Å²) in [6, 6.07) is 13.7. The van der Waals surface area contributed by atoms with Crippen LogP contribution in [0.2, 0.25) is 0 Å². The van der Waals surface area contributed by atoms with Gasteiger partial charge in [-0.25, -0.2) is 0 Å². The molecule has 3 aliphatic rings. The largest absolute Gasteiger partial charge is 0.491 e. The molecule has 8 heteroatoms. The van der Waals surface area contributed by atoms with Crippen molar-refractivity contribution in [1.82, 2.24) is 9.80 Å². The van der Waals surface area contributed by atoms with Gasteiger partial charge in [-0.2, -0.15) is 0 Å². The lowest BCUT2D eigenvalue weighted by Crippen LogP contribution is -2.52. The quantitative estimate of drug-likeness (QED) is 0.652. The van der Waals surface area contributed by atoms with Crippen LogP contribution in [-0.2, 0) is 16.0 Å². The van der Waals surface area contributed by atoms with Crippen LogP contribution in [0.1, 0.15) is 44.6 Å². The molecule has 3 heterocycles. The molecule has 0 aliphatic carbocycles. The summed E-state index contributed by atoms with van der Waals surface area (Å²) in [6.45, 7) is 6.63. The van der Waals surface area contributed by atoms with Crippen molar-refractivity contribution >= 4 is 17.5 Å². The number of hydrogen-bond donors (Lipinski definition) is 1. The maximum absolute atomic E-state index is 13.9. The molecule has 5 rings (SSSR count). The summed E-state index contributed by atoms with van der Waals surface area (Å²) < 4.78 is 17.3. The fraction of sp³-hybridized carbons (Fsp3) is 0.533. The third kappa shape index (κ3) is 6.07. The van der Waals surface area contributed by atoms with Gasteiger partial charge >= 0.3 is 0 Å². The van der Waals surface area contributed by atoms with Crippen LogP contribution >= 0.6 is 0 Å². The Kier molecular flexibility index (Phi) is 8.37. The van der Waals surface area contributed by atoms with Crippen molar-refractivity contribution in [2.24, 2.45) is 5.41 Å². The van der Waals surface area contributed by atoms with E-state index < -0.39 is 0 Å². The number of nitrogens with one attached hydrogen (secondary N) is 1. The summed E-state index contributed by atoms with van der Waals surface area (Å²) in [5.74, 6) is 2.49. The standard InChI is InChI=1S/C30H39N3O5/c1-2-33-17-18-36-25-9-4-3-7-23(25)8-5-6-12-30(29(33)35)13-15-32(16-14-30)22-28(34)31-24-10-11-26-27(21-24)38-20-19-37-26/h3-4,7,9-11,21H,2,5-6,8,12-20,22H2,1H3,(H,31,34). The SMILES string of the molecule is CCN1CCOc2ccccc2CCCCC2(CCN(CC(=O)Nc3ccc4c(c3)OCCO4)CC2)C1=O. The zero-order valence-corrected chi connectivity index (χ0v) is 22.4. The first kappa shape index (κ1) is 26.4. The third-order valence-corrected chi connectivity index (χ3v) is 8.07. The van der Waals surface area contributed by atoms with Crippen LogP contribution in [0.4, 0.5) is 5.69 Å². The molecule has 0 aromatic heterocycles. The zero-order chi connectivity index (χ0) is 26.4. The number of likely N-dealkylation sites (tertiary alicyclic amines) is 1. The number of hydrogen-bond acceptors (Lipinski definition) is 6. The van der Waals surface area contributed by atoms with Gasteiger partial charge in [0.2, 0.25) is 11.8 Å². The molecule has 2 aromatic carbocycles. The van der Waals surface area contributed by atoms with E-state index in [1.807, 2.05) is 42.2 Å². The van der Waals surface area contributed by atoms with Crippen molar-refractivity contribution in [2.75, 3.05) is 57.9 Å². The van der Waals surface area contributed by atoms with Crippen LogP contribution < -0.4 is 19.5 Å². The number of likely N-dealkylation sites (N-methyl/N-ethyl adjacent to an activating group) is 1. The van der Waals surface area contributed by atoms with Crippen molar-refractivity contribution < 1.29 is 23.8 Å². The van der Waals surface area contributed by atoms with Crippen LogP contribution in [0.5, 0.6) is 17.2 Å². The van der Waals surface area contributed by atoms with Gasteiger partial charge in [0.25, 0.3) is 0 Å². The van der Waals surface area contributed by atoms with Crippen LogP contribution in [0.25, 0.3) is 0 Å². The molecule has 1 saturated heterocycles. The Morgan fingerprint density at radius 2 is 1.66 bits per heavy atom. The van der Waals surface area contributed by atoms with Crippen molar-refractivity contribution in [3.8, 4) is 17.2 Å². The number of rotatable bonds is 4. The average molecular weight is 522 g/mol. The number of piperidine rings is 1. The fourth-order valence-corrected chi connectivity index (χ4v) is 5.87. The lowest BCUT2D eigenvalue weighted by atomic mass is 9.73. The summed E-state index contributed by atoms with van der Waals surface area (Å²) >= 11 is 0. The van der Waals surface area contributed by atoms with E-state index >= 15 is 0 Å². The predicted octanol–water partition coefficient (Wildman–Crippen LogP) is 4.13. The monoisotopic (exact) mass is 521 g/mol. The van der Waals surface area contributed by atoms with Crippen molar-refractivity contribution in [3.05, 3.63) is 48.0 Å². The molecule has 38 heavy (non-hydrogen) atoms. The second-order valence-electron chi connectivity index (χ2n) is 10.5. The van der Waals surface area contributed by atoms with E-state index in [9.17, 15) is 9.59 Å². The van der Waals surface area contributed by atoms with E-state index in [-0.39, 0.29) is 17.2 Å². The molecule has 1 fully saturated rings. The first-order chi connectivity index (χ1) is 18.6. The third-order valence-electron chi connectivity index (χ3n) is 8.07. The van der Waals surface area contributed by atoms with Gasteiger partial charge in [-0.05, 0) is 75.9 Å². The van der Waals surface area contributed by atoms with Crippen LogP contribution in [0.3, 0.4) is 0 Å². The van der Waals surface area contributed by atoms with Gasteiger partial charge in [0.05, 0.1) is 18.5 Å². The van der Waals surface area contributed by atoms with Gasteiger partial charge in [-0.1, -0.05) is 24.6 Å². The first-order valence-electron chi connectivity index (χ1n) is 14.0. The average Bonchev–Trinajstić information content (AvgIpc) is 2.94. The Bertz CT molecular complexity index is 1130. The summed E-state index contributed by atoms with van der Waals surface area (Å²) in [7, 11) is 0. The highest BCUT2D eigenvalue weighted by molar-refractivity contribution is 5.92. The van der Waals surface area contributed by atoms with Crippen molar-refractivity contribution in [3.63, 3.8) is 0 Å². The zero-order valence-electron chi connectivity index (χ0n) is 22.4. The summed E-state index contributed by atoms with van der Waals surface area (Å²) in [5.41, 5.74) is 1.58. The first-order valence-corrected chi connectivity index (χ1v) is 14.0. The maximum Gasteiger partial charge on any atom is 0.238 e. The topological polar surface area (TPSA) is 80.3 Å². The summed E-state index contributed by atoms with van der Waals surface area (Å²) in [4.78, 5) is 30.8. The van der Waals surface area contributed by atoms with Crippen LogP contribution in [0.15, 0.2) is 42.5 Å². The number of carbonyl (C=O) groups excluding carboxylic acids is 2. The minimum atomic E-state index is -0.364. The summed E-state index contributed by atoms with van der Waals surface area (Å²) in [5, 5.41) is 2.98. The molecular weight excluding hydrogens is 482 g/mol. The predicted molar refractivity (Wildman–Crippen MR) is 146 cm³/mol. The van der Waals surface area contributed by atoms with E-state index in [1.54, 1.807) is 0 Å². The molecule has 0 saturated carbocycles. The molecule has 1 N–H and O–H groups in total. The number of amides is 2. The molecular formula is C30H39N3O5. The van der Waals surface area contributed by atoms with Gasteiger partial charge in [0.1, 0.15) is 25.6 Å². The molecule has 3 aliphatic heterocycles. The molecule has 1 spiro atoms. The van der Waals surface area contributed by atoms with E-state index in [2.05, 4.69) is 22.3 Å². The maximum atomic E-state index is 13.9. The molecule has 0 unspecified atom stereocenters. The molecule has 2 aromatic rings. The highest BCUT2D eigenvalue weighted by atomic mass is 16.6. The lowest BCUT2D eigenvalue weighted by molar-refractivity contribution is -0.146. The highest BCUT2D eigenvalue weighted by Gasteiger charge is 2.43. The van der Waals surface area contributed by atoms with Gasteiger partial charge in [-0.15, -0.1) is 0 Å². The highest BCUT2D eigenvalue weighted by Crippen LogP contribution is 2.39. The number of anilines is 1. The van der Waals surface area contributed by atoms with Gasteiger partial charge < -0.3 is 24.4 Å². The number of nitrogens with zero attached hydrogens (tertiary/aromatic N) is 2. The number of ether oxygens (including phenoxy) is 3. The molecule has 0 radical (unpaired) electrons.